The van der Waals surface area contributed by atoms with Crippen molar-refractivity contribution in [2.45, 2.75) is 0 Å². The minimum atomic E-state index is -1.75. The number of hydrogen-bond donors (Lipinski definition) is 0. The summed E-state index contributed by atoms with van der Waals surface area (Å²) in [6.07, 6.45) is 0. The Morgan fingerprint density at radius 1 is 0.727 bits per heavy atom. The molecular weight excluding hydrogens is 424 g/mol. The molecule has 0 atom stereocenters. The van der Waals surface area contributed by atoms with Gasteiger partial charge < -0.3 is 14.4 Å². The number of halogens is 3. The normalized spacial score (nSPS) is 5.18. The van der Waals surface area contributed by atoms with Crippen LogP contribution in [0.1, 0.15) is 0 Å². The summed E-state index contributed by atoms with van der Waals surface area (Å²) in [5.41, 5.74) is 0. The maximum atomic E-state index is 8.00. The number of carbonyl (C=O) groups is 3. The Hall–Kier alpha value is 2.56. The average Bonchev–Trinajstić information content (AvgIpc) is 1.98. The van der Waals surface area contributed by atoms with Crippen LogP contribution >= 0.6 is 29.1 Å². The van der Waals surface area contributed by atoms with E-state index in [1.807, 2.05) is 20.4 Å². The fourth-order valence-electron chi connectivity index (χ4n) is 0. The summed E-state index contributed by atoms with van der Waals surface area (Å²) in [6.45, 7) is 6.00. The van der Waals surface area contributed by atoms with Gasteiger partial charge in [0, 0.05) is 0 Å². The topological polar surface area (TPSA) is 51.2 Å². The molecule has 0 aliphatic heterocycles. The van der Waals surface area contributed by atoms with Gasteiger partial charge in [0.05, 0.1) is 0 Å². The molecule has 0 N–H and O–H groups in total. The molecule has 0 aromatic carbocycles. The monoisotopic (exact) mass is 430 g/mol. The van der Waals surface area contributed by atoms with Gasteiger partial charge in [-0.1, -0.05) is 0 Å². The smallest absolute Gasteiger partial charge is 1.00 e. The van der Waals surface area contributed by atoms with Crippen LogP contribution in [0.2, 0.25) is 0 Å². The minimum Gasteiger partial charge on any atom is 1.00 e. The Kier molecular flexibility index (Phi) is 144. The molecule has 0 bridgehead atoms. The Labute approximate surface area is 142 Å². The molecule has 0 radical (unpaired) electrons. The van der Waals surface area contributed by atoms with Gasteiger partial charge in [-0.25, -0.2) is 0 Å². The Balaban J connectivity index is -0.0000000152. The Bertz CT molecular complexity index is 45.3. The van der Waals surface area contributed by atoms with E-state index < -0.39 is 13.0 Å². The third-order valence-electron chi connectivity index (χ3n) is 0. The van der Waals surface area contributed by atoms with Crippen LogP contribution in [-0.2, 0) is 27.4 Å². The molecule has 66 valence electrons. The van der Waals surface area contributed by atoms with Crippen molar-refractivity contribution in [1.29, 1.82) is 0 Å². The van der Waals surface area contributed by atoms with Crippen LogP contribution < -0.4 is 68.9 Å². The Morgan fingerprint density at radius 2 is 0.727 bits per heavy atom. The summed E-state index contributed by atoms with van der Waals surface area (Å²) >= 11 is -1.75. The van der Waals surface area contributed by atoms with Gasteiger partial charge >= 0.3 is 111 Å². The SMILES string of the molecule is C=O.C=O.C=O.[Cl][Ru-]([Cl])[Cl].[Cs+]. The number of rotatable bonds is 0. The van der Waals surface area contributed by atoms with Crippen molar-refractivity contribution in [3.63, 3.8) is 0 Å². The molecule has 0 saturated carbocycles. The zero-order valence-electron chi connectivity index (χ0n) is 5.83. The molecule has 0 rings (SSSR count). The van der Waals surface area contributed by atoms with E-state index in [0.29, 0.717) is 0 Å². The van der Waals surface area contributed by atoms with Crippen molar-refractivity contribution in [2.75, 3.05) is 0 Å². The molecule has 0 spiro atoms. The molecule has 11 heavy (non-hydrogen) atoms. The van der Waals surface area contributed by atoms with E-state index in [9.17, 15) is 0 Å². The van der Waals surface area contributed by atoms with Crippen molar-refractivity contribution in [2.24, 2.45) is 0 Å². The average molecular weight is 430 g/mol. The fraction of sp³-hybridized carbons (Fsp3) is 0. The van der Waals surface area contributed by atoms with Gasteiger partial charge in [-0.05, 0) is 0 Å². The summed E-state index contributed by atoms with van der Waals surface area (Å²) in [4.78, 5) is 24.0. The predicted molar refractivity (Wildman–Crippen MR) is 38.9 cm³/mol. The van der Waals surface area contributed by atoms with Crippen molar-refractivity contribution < 1.29 is 96.3 Å². The van der Waals surface area contributed by atoms with Crippen LogP contribution in [0.25, 0.3) is 0 Å². The molecule has 3 nitrogen and oxygen atoms in total. The molecule has 0 aromatic heterocycles. The van der Waals surface area contributed by atoms with Gasteiger partial charge in [0.15, 0.2) is 0 Å². The summed E-state index contributed by atoms with van der Waals surface area (Å²) < 4.78 is 0. The maximum Gasteiger partial charge on any atom is 1.00 e. The van der Waals surface area contributed by atoms with Gasteiger partial charge in [-0.2, -0.15) is 0 Å². The van der Waals surface area contributed by atoms with Crippen molar-refractivity contribution in [1.82, 2.24) is 0 Å². The van der Waals surface area contributed by atoms with Gasteiger partial charge in [0.2, 0.25) is 0 Å². The summed E-state index contributed by atoms with van der Waals surface area (Å²) in [6, 6.07) is 0. The van der Waals surface area contributed by atoms with E-state index in [4.69, 9.17) is 43.5 Å². The fourth-order valence-corrected chi connectivity index (χ4v) is 0. The van der Waals surface area contributed by atoms with E-state index in [0.717, 1.165) is 0 Å². The van der Waals surface area contributed by atoms with Gasteiger partial charge in [-0.3, -0.25) is 0 Å². The second-order valence-corrected chi connectivity index (χ2v) is 8.07. The van der Waals surface area contributed by atoms with E-state index in [-0.39, 0.29) is 68.9 Å². The van der Waals surface area contributed by atoms with Crippen LogP contribution in [0, 0.1) is 0 Å². The molecule has 8 heteroatoms. The first-order valence-electron chi connectivity index (χ1n) is 1.27. The van der Waals surface area contributed by atoms with Crippen LogP contribution in [0.15, 0.2) is 0 Å². The van der Waals surface area contributed by atoms with E-state index >= 15 is 0 Å². The van der Waals surface area contributed by atoms with Crippen LogP contribution in [-0.4, -0.2) is 20.4 Å². The van der Waals surface area contributed by atoms with Crippen molar-refractivity contribution in [3.05, 3.63) is 0 Å². The first-order valence-corrected chi connectivity index (χ1v) is 7.98. The molecule has 0 aliphatic rings. The van der Waals surface area contributed by atoms with Gasteiger partial charge in [-0.15, -0.1) is 0 Å². The molecule has 0 heterocycles. The third kappa shape index (κ3) is 214. The quantitative estimate of drug-likeness (QED) is 0.441. The summed E-state index contributed by atoms with van der Waals surface area (Å²) in [7, 11) is 14.8. The van der Waals surface area contributed by atoms with Gasteiger partial charge in [0.25, 0.3) is 0 Å². The second kappa shape index (κ2) is 54.3. The standard InChI is InChI=1S/3CH2O.3ClH.Cs.Ru/c3*1-2;;;;;/h3*1H2;3*1H;;/q;;;;;;+1;+2/p-3. The van der Waals surface area contributed by atoms with E-state index in [2.05, 4.69) is 0 Å². The molecular formula is C3H6Cl3CsO3Ru. The first kappa shape index (κ1) is 29.2. The first-order chi connectivity index (χ1) is 4.73. The number of carbonyl (C=O) groups excluding carboxylic acids is 3. The Morgan fingerprint density at radius 3 is 0.727 bits per heavy atom. The van der Waals surface area contributed by atoms with Crippen LogP contribution in [0.5, 0.6) is 0 Å². The zero-order valence-corrected chi connectivity index (χ0v) is 16.1. The predicted octanol–water partition coefficient (Wildman–Crippen LogP) is -1.48. The van der Waals surface area contributed by atoms with Crippen molar-refractivity contribution >= 4 is 49.4 Å². The maximum absolute atomic E-state index is 8.00. The van der Waals surface area contributed by atoms with E-state index in [1.165, 1.54) is 0 Å². The molecule has 0 aromatic rings. The van der Waals surface area contributed by atoms with Gasteiger partial charge in [0.1, 0.15) is 20.4 Å². The molecule has 0 amide bonds. The number of hydrogen-bond acceptors (Lipinski definition) is 3. The molecule has 0 fully saturated rings. The molecule has 0 unspecified atom stereocenters. The van der Waals surface area contributed by atoms with Crippen molar-refractivity contribution in [3.8, 4) is 0 Å². The third-order valence-corrected chi connectivity index (χ3v) is 0. The summed E-state index contributed by atoms with van der Waals surface area (Å²) in [5, 5.41) is 0. The largest absolute Gasteiger partial charge is 1.00 e. The van der Waals surface area contributed by atoms with Crippen LogP contribution in [0.3, 0.4) is 0 Å². The molecule has 0 aliphatic carbocycles. The molecule has 0 saturated heterocycles. The van der Waals surface area contributed by atoms with Crippen LogP contribution in [0.4, 0.5) is 0 Å². The zero-order chi connectivity index (χ0) is 9.58. The summed E-state index contributed by atoms with van der Waals surface area (Å²) in [5.74, 6) is 0. The van der Waals surface area contributed by atoms with E-state index in [1.54, 1.807) is 0 Å². The minimum absolute atomic E-state index is 0. The second-order valence-electron chi connectivity index (χ2n) is 0.152.